The van der Waals surface area contributed by atoms with Crippen LogP contribution in [0.4, 0.5) is 0 Å². The maximum absolute atomic E-state index is 9.20. The molecule has 1 saturated carbocycles. The molecule has 0 unspecified atom stereocenters. The first-order valence-electron chi connectivity index (χ1n) is 5.73. The van der Waals surface area contributed by atoms with Crippen molar-refractivity contribution < 1.29 is 8.83 Å². The van der Waals surface area contributed by atoms with E-state index in [1.165, 1.54) is 0 Å². The van der Waals surface area contributed by atoms with E-state index in [-0.39, 0.29) is 23.7 Å². The van der Waals surface area contributed by atoms with Gasteiger partial charge >= 0.3 is 0 Å². The van der Waals surface area contributed by atoms with Crippen LogP contribution in [-0.4, -0.2) is 0 Å². The standard InChI is InChI=1S/C14H10N2O2/c15-7-9-10(8-16)14(12-4-2-6-18-12)13(9)11-3-1-5-17-11/h1-6,9-10,13-14H/t9-,10+,13-,14+. The molecule has 0 N–H and O–H groups in total. The van der Waals surface area contributed by atoms with Gasteiger partial charge in [-0.05, 0) is 24.3 Å². The molecular formula is C14H10N2O2. The molecule has 4 atom stereocenters. The molecule has 0 spiro atoms. The fourth-order valence-electron chi connectivity index (χ4n) is 2.74. The molecule has 0 radical (unpaired) electrons. The molecule has 88 valence electrons. The largest absolute Gasteiger partial charge is 0.469 e. The first kappa shape index (κ1) is 10.7. The summed E-state index contributed by atoms with van der Waals surface area (Å²) >= 11 is 0. The van der Waals surface area contributed by atoms with Crippen molar-refractivity contribution in [1.82, 2.24) is 0 Å². The topological polar surface area (TPSA) is 73.9 Å². The molecule has 0 amide bonds. The van der Waals surface area contributed by atoms with Gasteiger partial charge in [-0.15, -0.1) is 0 Å². The maximum atomic E-state index is 9.20. The lowest BCUT2D eigenvalue weighted by Gasteiger charge is -2.42. The van der Waals surface area contributed by atoms with Crippen LogP contribution < -0.4 is 0 Å². The number of furan rings is 2. The van der Waals surface area contributed by atoms with Gasteiger partial charge in [-0.25, -0.2) is 0 Å². The predicted octanol–water partition coefficient (Wildman–Crippen LogP) is 3.03. The Hall–Kier alpha value is -2.46. The minimum atomic E-state index is -0.337. The first-order valence-corrected chi connectivity index (χ1v) is 5.73. The average Bonchev–Trinajstić information content (AvgIpc) is 3.01. The number of hydrogen-bond acceptors (Lipinski definition) is 4. The van der Waals surface area contributed by atoms with Crippen LogP contribution in [0.15, 0.2) is 45.6 Å². The molecular weight excluding hydrogens is 228 g/mol. The number of nitrogens with zero attached hydrogens (tertiary/aromatic N) is 2. The maximum Gasteiger partial charge on any atom is 0.108 e. The summed E-state index contributed by atoms with van der Waals surface area (Å²) in [5.74, 6) is 0.623. The van der Waals surface area contributed by atoms with Gasteiger partial charge in [-0.3, -0.25) is 0 Å². The lowest BCUT2D eigenvalue weighted by atomic mass is 9.56. The monoisotopic (exact) mass is 238 g/mol. The summed E-state index contributed by atoms with van der Waals surface area (Å²) in [6.45, 7) is 0. The van der Waals surface area contributed by atoms with Gasteiger partial charge in [-0.1, -0.05) is 0 Å². The molecule has 18 heavy (non-hydrogen) atoms. The molecule has 1 aliphatic rings. The summed E-state index contributed by atoms with van der Waals surface area (Å²) in [5, 5.41) is 18.4. The van der Waals surface area contributed by atoms with Crippen LogP contribution in [0.25, 0.3) is 0 Å². The molecule has 2 heterocycles. The van der Waals surface area contributed by atoms with E-state index < -0.39 is 0 Å². The second-order valence-electron chi connectivity index (χ2n) is 4.39. The fourth-order valence-corrected chi connectivity index (χ4v) is 2.74. The highest BCUT2D eigenvalue weighted by Gasteiger charge is 2.55. The summed E-state index contributed by atoms with van der Waals surface area (Å²) in [5.41, 5.74) is 0. The number of nitriles is 2. The van der Waals surface area contributed by atoms with Crippen LogP contribution in [0.3, 0.4) is 0 Å². The minimum Gasteiger partial charge on any atom is -0.469 e. The molecule has 3 rings (SSSR count). The van der Waals surface area contributed by atoms with Gasteiger partial charge in [-0.2, -0.15) is 10.5 Å². The molecule has 0 bridgehead atoms. The number of hydrogen-bond donors (Lipinski definition) is 0. The van der Waals surface area contributed by atoms with Gasteiger partial charge < -0.3 is 8.83 Å². The van der Waals surface area contributed by atoms with E-state index in [0.29, 0.717) is 0 Å². The Morgan fingerprint density at radius 1 is 0.833 bits per heavy atom. The normalized spacial score (nSPS) is 30.1. The Morgan fingerprint density at radius 3 is 1.56 bits per heavy atom. The molecule has 1 fully saturated rings. The third kappa shape index (κ3) is 1.36. The van der Waals surface area contributed by atoms with Gasteiger partial charge in [0.25, 0.3) is 0 Å². The van der Waals surface area contributed by atoms with Gasteiger partial charge in [0, 0.05) is 11.8 Å². The summed E-state index contributed by atoms with van der Waals surface area (Å²) in [4.78, 5) is 0. The van der Waals surface area contributed by atoms with Crippen LogP contribution in [0.5, 0.6) is 0 Å². The third-order valence-electron chi connectivity index (χ3n) is 3.59. The Labute approximate surface area is 104 Å². The van der Waals surface area contributed by atoms with Gasteiger partial charge in [0.2, 0.25) is 0 Å². The second-order valence-corrected chi connectivity index (χ2v) is 4.39. The van der Waals surface area contributed by atoms with Crippen LogP contribution in [0.2, 0.25) is 0 Å². The van der Waals surface area contributed by atoms with Crippen LogP contribution >= 0.6 is 0 Å². The van der Waals surface area contributed by atoms with Crippen molar-refractivity contribution in [2.75, 3.05) is 0 Å². The van der Waals surface area contributed by atoms with Crippen LogP contribution in [0.1, 0.15) is 23.4 Å². The molecule has 0 aliphatic heterocycles. The van der Waals surface area contributed by atoms with Crippen molar-refractivity contribution in [2.45, 2.75) is 11.8 Å². The Bertz CT molecular complexity index is 545. The summed E-state index contributed by atoms with van der Waals surface area (Å²) in [6.07, 6.45) is 3.17. The van der Waals surface area contributed by atoms with E-state index in [4.69, 9.17) is 8.83 Å². The zero-order valence-corrected chi connectivity index (χ0v) is 9.48. The zero-order valence-electron chi connectivity index (χ0n) is 9.48. The van der Waals surface area contributed by atoms with Gasteiger partial charge in [0.1, 0.15) is 11.5 Å². The molecule has 4 heteroatoms. The molecule has 0 aromatic carbocycles. The van der Waals surface area contributed by atoms with Crippen molar-refractivity contribution >= 4 is 0 Å². The Morgan fingerprint density at radius 2 is 1.28 bits per heavy atom. The quantitative estimate of drug-likeness (QED) is 0.805. The van der Waals surface area contributed by atoms with E-state index >= 15 is 0 Å². The smallest absolute Gasteiger partial charge is 0.108 e. The first-order chi connectivity index (χ1) is 8.86. The highest BCUT2D eigenvalue weighted by atomic mass is 16.3. The Balaban J connectivity index is 2.00. The van der Waals surface area contributed by atoms with Gasteiger partial charge in [0.15, 0.2) is 0 Å². The highest BCUT2D eigenvalue weighted by molar-refractivity contribution is 5.33. The predicted molar refractivity (Wildman–Crippen MR) is 61.1 cm³/mol. The molecule has 2 aromatic rings. The second kappa shape index (κ2) is 4.09. The molecule has 1 aliphatic carbocycles. The summed E-state index contributed by atoms with van der Waals surface area (Å²) < 4.78 is 10.8. The minimum absolute atomic E-state index is 0.0965. The van der Waals surface area contributed by atoms with Crippen molar-refractivity contribution in [3.8, 4) is 12.1 Å². The third-order valence-corrected chi connectivity index (χ3v) is 3.59. The van der Waals surface area contributed by atoms with Crippen molar-refractivity contribution in [2.24, 2.45) is 11.8 Å². The lowest BCUT2D eigenvalue weighted by Crippen LogP contribution is -2.41. The summed E-state index contributed by atoms with van der Waals surface area (Å²) in [6, 6.07) is 11.7. The van der Waals surface area contributed by atoms with Crippen LogP contribution in [-0.2, 0) is 0 Å². The van der Waals surface area contributed by atoms with Crippen molar-refractivity contribution in [3.63, 3.8) is 0 Å². The van der Waals surface area contributed by atoms with E-state index in [1.807, 2.05) is 12.1 Å². The SMILES string of the molecule is N#C[C@@H]1[C@H](C#N)[C@@H](c2ccco2)[C@H]1c1ccco1. The van der Waals surface area contributed by atoms with E-state index in [1.54, 1.807) is 24.7 Å². The highest BCUT2D eigenvalue weighted by Crippen LogP contribution is 2.57. The fraction of sp³-hybridized carbons (Fsp3) is 0.286. The van der Waals surface area contributed by atoms with E-state index in [2.05, 4.69) is 12.1 Å². The lowest BCUT2D eigenvalue weighted by molar-refractivity contribution is 0.145. The molecule has 4 nitrogen and oxygen atoms in total. The summed E-state index contributed by atoms with van der Waals surface area (Å²) in [7, 11) is 0. The van der Waals surface area contributed by atoms with Crippen LogP contribution in [0, 0.1) is 34.5 Å². The van der Waals surface area contributed by atoms with E-state index in [0.717, 1.165) is 11.5 Å². The molecule has 0 saturated heterocycles. The number of rotatable bonds is 2. The van der Waals surface area contributed by atoms with Crippen molar-refractivity contribution in [1.29, 1.82) is 10.5 Å². The average molecular weight is 238 g/mol. The Kier molecular flexibility index (Phi) is 2.42. The zero-order chi connectivity index (χ0) is 12.5. The van der Waals surface area contributed by atoms with E-state index in [9.17, 15) is 10.5 Å². The van der Waals surface area contributed by atoms with Gasteiger partial charge in [0.05, 0.1) is 36.5 Å². The molecule has 2 aromatic heterocycles. The van der Waals surface area contributed by atoms with Crippen molar-refractivity contribution in [3.05, 3.63) is 48.3 Å².